The number of aromatic nitrogens is 1. The summed E-state index contributed by atoms with van der Waals surface area (Å²) < 4.78 is 26.0. The normalized spacial score (nSPS) is 18.8. The number of pyridine rings is 1. The molecule has 0 spiro atoms. The van der Waals surface area contributed by atoms with Gasteiger partial charge in [0.2, 0.25) is 0 Å². The topological polar surface area (TPSA) is 42.1 Å². The summed E-state index contributed by atoms with van der Waals surface area (Å²) in [6.07, 6.45) is 4.94. The van der Waals surface area contributed by atoms with Crippen molar-refractivity contribution in [2.75, 3.05) is 23.7 Å². The van der Waals surface area contributed by atoms with Gasteiger partial charge in [-0.2, -0.15) is 0 Å². The molecule has 1 aliphatic heterocycles. The number of terminal acetylenes is 1. The summed E-state index contributed by atoms with van der Waals surface area (Å²) in [5, 5.41) is 0. The Labute approximate surface area is 98.6 Å². The van der Waals surface area contributed by atoms with Crippen LogP contribution in [-0.4, -0.2) is 24.0 Å². The molecule has 0 amide bonds. The van der Waals surface area contributed by atoms with Crippen LogP contribution in [0.2, 0.25) is 0 Å². The first kappa shape index (κ1) is 11.6. The SMILES string of the molecule is C#Cc1cc(N)cc(N2CCC(F)(F)CC2)n1. The van der Waals surface area contributed by atoms with Gasteiger partial charge in [0.1, 0.15) is 11.5 Å². The van der Waals surface area contributed by atoms with Crippen LogP contribution in [-0.2, 0) is 0 Å². The zero-order chi connectivity index (χ0) is 12.5. The van der Waals surface area contributed by atoms with Crippen molar-refractivity contribution in [3.8, 4) is 12.3 Å². The van der Waals surface area contributed by atoms with Gasteiger partial charge in [-0.25, -0.2) is 13.8 Å². The standard InChI is InChI=1S/C12H13F2N3/c1-2-10-7-9(15)8-11(16-10)17-5-3-12(13,14)4-6-17/h1,7-8H,3-6H2,(H2,15,16). The second kappa shape index (κ2) is 4.21. The summed E-state index contributed by atoms with van der Waals surface area (Å²) in [7, 11) is 0. The fourth-order valence-electron chi connectivity index (χ4n) is 1.84. The summed E-state index contributed by atoms with van der Waals surface area (Å²) >= 11 is 0. The van der Waals surface area contributed by atoms with Gasteiger partial charge in [0.05, 0.1) is 0 Å². The zero-order valence-electron chi connectivity index (χ0n) is 9.29. The molecule has 1 aromatic rings. The van der Waals surface area contributed by atoms with Gasteiger partial charge >= 0.3 is 0 Å². The molecule has 2 heterocycles. The Bertz CT molecular complexity index is 455. The van der Waals surface area contributed by atoms with E-state index in [0.717, 1.165) is 0 Å². The molecule has 0 unspecified atom stereocenters. The molecule has 0 bridgehead atoms. The lowest BCUT2D eigenvalue weighted by molar-refractivity contribution is -0.0221. The van der Waals surface area contributed by atoms with Gasteiger partial charge < -0.3 is 10.6 Å². The van der Waals surface area contributed by atoms with Gasteiger partial charge in [-0.1, -0.05) is 5.92 Å². The molecule has 0 aromatic carbocycles. The van der Waals surface area contributed by atoms with E-state index in [4.69, 9.17) is 12.2 Å². The Hall–Kier alpha value is -1.83. The van der Waals surface area contributed by atoms with Crippen molar-refractivity contribution in [1.29, 1.82) is 0 Å². The van der Waals surface area contributed by atoms with Crippen molar-refractivity contribution in [3.05, 3.63) is 17.8 Å². The highest BCUT2D eigenvalue weighted by Gasteiger charge is 2.34. The maximum absolute atomic E-state index is 13.0. The number of anilines is 2. The number of nitrogen functional groups attached to an aromatic ring is 1. The van der Waals surface area contributed by atoms with Gasteiger partial charge in [0, 0.05) is 37.7 Å². The van der Waals surface area contributed by atoms with Gasteiger partial charge in [0.25, 0.3) is 5.92 Å². The monoisotopic (exact) mass is 237 g/mol. The number of nitrogens with zero attached hydrogens (tertiary/aromatic N) is 2. The number of nitrogens with two attached hydrogens (primary N) is 1. The van der Waals surface area contributed by atoms with E-state index in [1.165, 1.54) is 0 Å². The van der Waals surface area contributed by atoms with E-state index < -0.39 is 5.92 Å². The van der Waals surface area contributed by atoms with Crippen LogP contribution < -0.4 is 10.6 Å². The van der Waals surface area contributed by atoms with Crippen LogP contribution in [0.25, 0.3) is 0 Å². The molecular weight excluding hydrogens is 224 g/mol. The fourth-order valence-corrected chi connectivity index (χ4v) is 1.84. The molecule has 2 rings (SSSR count). The molecule has 0 atom stereocenters. The van der Waals surface area contributed by atoms with Gasteiger partial charge in [-0.15, -0.1) is 6.42 Å². The lowest BCUT2D eigenvalue weighted by Crippen LogP contribution is -2.39. The Morgan fingerprint density at radius 1 is 1.35 bits per heavy atom. The number of alkyl halides is 2. The van der Waals surface area contributed by atoms with Crippen LogP contribution in [0, 0.1) is 12.3 Å². The van der Waals surface area contributed by atoms with Crippen molar-refractivity contribution in [3.63, 3.8) is 0 Å². The Morgan fingerprint density at radius 3 is 2.59 bits per heavy atom. The lowest BCUT2D eigenvalue weighted by atomic mass is 10.1. The Balaban J connectivity index is 2.19. The number of halogens is 2. The van der Waals surface area contributed by atoms with E-state index >= 15 is 0 Å². The van der Waals surface area contributed by atoms with E-state index in [0.29, 0.717) is 17.2 Å². The summed E-state index contributed by atoms with van der Waals surface area (Å²) in [4.78, 5) is 5.97. The third-order valence-electron chi connectivity index (χ3n) is 2.80. The summed E-state index contributed by atoms with van der Waals surface area (Å²) in [6, 6.07) is 3.24. The summed E-state index contributed by atoms with van der Waals surface area (Å²) in [5.41, 5.74) is 6.61. The predicted octanol–water partition coefficient (Wildman–Crippen LogP) is 1.88. The smallest absolute Gasteiger partial charge is 0.251 e. The molecule has 1 aromatic heterocycles. The quantitative estimate of drug-likeness (QED) is 0.758. The van der Waals surface area contributed by atoms with Crippen LogP contribution in [0.4, 0.5) is 20.3 Å². The van der Waals surface area contributed by atoms with Gasteiger partial charge in [0.15, 0.2) is 0 Å². The molecule has 0 radical (unpaired) electrons. The molecule has 1 fully saturated rings. The molecule has 1 aliphatic rings. The average Bonchev–Trinajstić information content (AvgIpc) is 2.28. The minimum atomic E-state index is -2.56. The average molecular weight is 237 g/mol. The van der Waals surface area contributed by atoms with E-state index in [9.17, 15) is 8.78 Å². The molecule has 1 saturated heterocycles. The molecular formula is C12H13F2N3. The van der Waals surface area contributed by atoms with E-state index in [1.807, 2.05) is 0 Å². The van der Waals surface area contributed by atoms with Gasteiger partial charge in [-0.3, -0.25) is 0 Å². The lowest BCUT2D eigenvalue weighted by Gasteiger charge is -2.32. The van der Waals surface area contributed by atoms with E-state index in [-0.39, 0.29) is 25.9 Å². The molecule has 5 heteroatoms. The third kappa shape index (κ3) is 2.64. The minimum Gasteiger partial charge on any atom is -0.399 e. The third-order valence-corrected chi connectivity index (χ3v) is 2.80. The highest BCUT2D eigenvalue weighted by Crippen LogP contribution is 2.30. The highest BCUT2D eigenvalue weighted by molar-refractivity contribution is 5.54. The molecule has 2 N–H and O–H groups in total. The van der Waals surface area contributed by atoms with Gasteiger partial charge in [-0.05, 0) is 6.07 Å². The molecule has 90 valence electrons. The van der Waals surface area contributed by atoms with Crippen LogP contribution in [0.3, 0.4) is 0 Å². The van der Waals surface area contributed by atoms with Crippen molar-refractivity contribution in [2.24, 2.45) is 0 Å². The van der Waals surface area contributed by atoms with Crippen molar-refractivity contribution < 1.29 is 8.78 Å². The summed E-state index contributed by atoms with van der Waals surface area (Å²) in [6.45, 7) is 0.543. The molecule has 17 heavy (non-hydrogen) atoms. The number of hydrogen-bond acceptors (Lipinski definition) is 3. The minimum absolute atomic E-state index is 0.158. The highest BCUT2D eigenvalue weighted by atomic mass is 19.3. The number of hydrogen-bond donors (Lipinski definition) is 1. The zero-order valence-corrected chi connectivity index (χ0v) is 9.29. The van der Waals surface area contributed by atoms with Crippen molar-refractivity contribution in [2.45, 2.75) is 18.8 Å². The Kier molecular flexibility index (Phi) is 2.88. The molecule has 0 saturated carbocycles. The fraction of sp³-hybridized carbons (Fsp3) is 0.417. The van der Waals surface area contributed by atoms with Crippen LogP contribution in [0.5, 0.6) is 0 Å². The second-order valence-corrected chi connectivity index (χ2v) is 4.13. The second-order valence-electron chi connectivity index (χ2n) is 4.13. The largest absolute Gasteiger partial charge is 0.399 e. The van der Waals surface area contributed by atoms with Crippen LogP contribution in [0.15, 0.2) is 12.1 Å². The summed E-state index contributed by atoms with van der Waals surface area (Å²) in [5.74, 6) is 0.411. The van der Waals surface area contributed by atoms with E-state index in [1.54, 1.807) is 17.0 Å². The number of piperidine rings is 1. The first-order valence-electron chi connectivity index (χ1n) is 5.37. The van der Waals surface area contributed by atoms with Crippen molar-refractivity contribution in [1.82, 2.24) is 4.98 Å². The number of rotatable bonds is 1. The van der Waals surface area contributed by atoms with E-state index in [2.05, 4.69) is 10.9 Å². The molecule has 3 nitrogen and oxygen atoms in total. The maximum atomic E-state index is 13.0. The Morgan fingerprint density at radius 2 is 2.00 bits per heavy atom. The van der Waals surface area contributed by atoms with Crippen LogP contribution >= 0.6 is 0 Å². The molecule has 0 aliphatic carbocycles. The maximum Gasteiger partial charge on any atom is 0.251 e. The first-order chi connectivity index (χ1) is 8.00. The first-order valence-corrected chi connectivity index (χ1v) is 5.37. The predicted molar refractivity (Wildman–Crippen MR) is 63.0 cm³/mol. The van der Waals surface area contributed by atoms with Crippen LogP contribution in [0.1, 0.15) is 18.5 Å². The van der Waals surface area contributed by atoms with Crippen molar-refractivity contribution >= 4 is 11.5 Å².